The lowest BCUT2D eigenvalue weighted by atomic mass is 9.90. The van der Waals surface area contributed by atoms with Crippen LogP contribution < -0.4 is 4.74 Å². The van der Waals surface area contributed by atoms with E-state index in [1.165, 1.54) is 71.2 Å². The zero-order chi connectivity index (χ0) is 30.2. The normalized spacial score (nSPS) is 12.1. The molecule has 2 heteroatoms. The van der Waals surface area contributed by atoms with Crippen LogP contribution >= 0.6 is 0 Å². The Morgan fingerprint density at radius 3 is 1.87 bits per heavy atom. The fourth-order valence-corrected chi connectivity index (χ4v) is 7.41. The van der Waals surface area contributed by atoms with Crippen molar-refractivity contribution in [2.45, 2.75) is 0 Å². The summed E-state index contributed by atoms with van der Waals surface area (Å²) in [5.41, 5.74) is 10.8. The maximum absolute atomic E-state index is 6.32. The highest BCUT2D eigenvalue weighted by molar-refractivity contribution is 6.14. The van der Waals surface area contributed by atoms with Crippen molar-refractivity contribution in [3.8, 4) is 50.6 Å². The summed E-state index contributed by atoms with van der Waals surface area (Å²) < 4.78 is 8.71. The maximum Gasteiger partial charge on any atom is 0.135 e. The second kappa shape index (κ2) is 9.69. The zero-order valence-electron chi connectivity index (χ0n) is 24.9. The summed E-state index contributed by atoms with van der Waals surface area (Å²) in [6, 6.07) is 59.0. The number of benzene rings is 8. The summed E-state index contributed by atoms with van der Waals surface area (Å²) in [7, 11) is 0. The summed E-state index contributed by atoms with van der Waals surface area (Å²) in [5.74, 6) is 1.83. The average Bonchev–Trinajstić information content (AvgIpc) is 3.44. The lowest BCUT2D eigenvalue weighted by Gasteiger charge is -2.22. The number of rotatable bonds is 3. The van der Waals surface area contributed by atoms with Crippen molar-refractivity contribution in [2.75, 3.05) is 0 Å². The molecule has 214 valence electrons. The minimum Gasteiger partial charge on any atom is -0.456 e. The van der Waals surface area contributed by atoms with Crippen LogP contribution in [0.25, 0.3) is 82.4 Å². The van der Waals surface area contributed by atoms with Crippen molar-refractivity contribution >= 4 is 43.4 Å². The molecule has 0 saturated heterocycles. The average molecular weight is 586 g/mol. The van der Waals surface area contributed by atoms with Gasteiger partial charge in [0.1, 0.15) is 11.5 Å². The Kier molecular flexibility index (Phi) is 5.31. The first-order chi connectivity index (χ1) is 22.8. The quantitative estimate of drug-likeness (QED) is 0.201. The van der Waals surface area contributed by atoms with Gasteiger partial charge < -0.3 is 9.30 Å². The van der Waals surface area contributed by atoms with Gasteiger partial charge in [-0.2, -0.15) is 0 Å². The zero-order valence-corrected chi connectivity index (χ0v) is 24.9. The van der Waals surface area contributed by atoms with Gasteiger partial charge >= 0.3 is 0 Å². The van der Waals surface area contributed by atoms with Crippen LogP contribution in [0.15, 0.2) is 164 Å². The van der Waals surface area contributed by atoms with Gasteiger partial charge in [0.25, 0.3) is 0 Å². The van der Waals surface area contributed by atoms with Crippen LogP contribution in [-0.4, -0.2) is 4.57 Å². The molecule has 0 N–H and O–H groups in total. The first-order valence-corrected chi connectivity index (χ1v) is 15.8. The Morgan fingerprint density at radius 1 is 0.370 bits per heavy atom. The number of para-hydroxylation sites is 2. The number of ether oxygens (including phenoxy) is 1. The van der Waals surface area contributed by atoms with Crippen LogP contribution in [0.1, 0.15) is 0 Å². The fourth-order valence-electron chi connectivity index (χ4n) is 7.41. The topological polar surface area (TPSA) is 14.2 Å². The third kappa shape index (κ3) is 3.71. The van der Waals surface area contributed by atoms with Gasteiger partial charge in [0.2, 0.25) is 0 Å². The molecular formula is C44H27NO. The van der Waals surface area contributed by atoms with Crippen molar-refractivity contribution in [2.24, 2.45) is 0 Å². The van der Waals surface area contributed by atoms with Gasteiger partial charge in [0.15, 0.2) is 0 Å². The smallest absolute Gasteiger partial charge is 0.135 e. The van der Waals surface area contributed by atoms with Crippen molar-refractivity contribution in [3.63, 3.8) is 0 Å². The standard InChI is InChI=1S/C44H27NO/c1-2-9-32-27-41-39(26-31(32)8-1)35-10-3-5-14-40(35)45(41)33-22-20-29(21-23-33)28-16-18-30(19-17-28)34-24-25-43-44-37(34)12-7-13-38(44)36-11-4-6-15-42(36)46-43/h1-27H. The molecule has 0 radical (unpaired) electrons. The van der Waals surface area contributed by atoms with Crippen LogP contribution in [0.4, 0.5) is 0 Å². The first-order valence-electron chi connectivity index (χ1n) is 15.8. The summed E-state index contributed by atoms with van der Waals surface area (Å²) in [6.07, 6.45) is 0. The second-order valence-corrected chi connectivity index (χ2v) is 12.1. The van der Waals surface area contributed by atoms with Gasteiger partial charge in [0, 0.05) is 27.4 Å². The Morgan fingerprint density at radius 2 is 1.02 bits per heavy atom. The van der Waals surface area contributed by atoms with E-state index < -0.39 is 0 Å². The van der Waals surface area contributed by atoms with Gasteiger partial charge in [-0.25, -0.2) is 0 Å². The van der Waals surface area contributed by atoms with Crippen LogP contribution in [0.3, 0.4) is 0 Å². The highest BCUT2D eigenvalue weighted by atomic mass is 16.5. The van der Waals surface area contributed by atoms with E-state index in [-0.39, 0.29) is 0 Å². The van der Waals surface area contributed by atoms with E-state index in [9.17, 15) is 0 Å². The molecule has 1 aliphatic rings. The summed E-state index contributed by atoms with van der Waals surface area (Å²) in [4.78, 5) is 0. The highest BCUT2D eigenvalue weighted by Gasteiger charge is 2.21. The van der Waals surface area contributed by atoms with E-state index in [4.69, 9.17) is 4.74 Å². The third-order valence-electron chi connectivity index (χ3n) is 9.59. The fraction of sp³-hybridized carbons (Fsp3) is 0. The number of fused-ring (bicyclic) bond motifs is 6. The molecule has 0 spiro atoms. The highest BCUT2D eigenvalue weighted by Crippen LogP contribution is 2.48. The van der Waals surface area contributed by atoms with E-state index in [0.717, 1.165) is 22.7 Å². The van der Waals surface area contributed by atoms with Gasteiger partial charge in [-0.15, -0.1) is 0 Å². The van der Waals surface area contributed by atoms with Crippen molar-refractivity contribution in [3.05, 3.63) is 164 Å². The molecule has 0 amide bonds. The predicted molar refractivity (Wildman–Crippen MR) is 192 cm³/mol. The van der Waals surface area contributed by atoms with Crippen LogP contribution in [-0.2, 0) is 0 Å². The second-order valence-electron chi connectivity index (χ2n) is 12.1. The Hall–Kier alpha value is -6.12. The predicted octanol–water partition coefficient (Wildman–Crippen LogP) is 12.2. The molecular weight excluding hydrogens is 558 g/mol. The molecule has 2 heterocycles. The third-order valence-corrected chi connectivity index (χ3v) is 9.59. The number of hydrogen-bond acceptors (Lipinski definition) is 1. The first kappa shape index (κ1) is 25.2. The van der Waals surface area contributed by atoms with E-state index in [0.29, 0.717) is 0 Å². The molecule has 1 aliphatic heterocycles. The Balaban J connectivity index is 1.03. The minimum absolute atomic E-state index is 0.914. The van der Waals surface area contributed by atoms with Gasteiger partial charge in [0.05, 0.1) is 11.0 Å². The molecule has 10 rings (SSSR count). The number of aromatic nitrogens is 1. The molecule has 8 aromatic carbocycles. The Bertz CT molecular complexity index is 2640. The van der Waals surface area contributed by atoms with E-state index >= 15 is 0 Å². The Labute approximate surface area is 266 Å². The van der Waals surface area contributed by atoms with Crippen LogP contribution in [0, 0.1) is 0 Å². The largest absolute Gasteiger partial charge is 0.456 e. The van der Waals surface area contributed by atoms with E-state index in [1.807, 2.05) is 12.1 Å². The van der Waals surface area contributed by atoms with Gasteiger partial charge in [-0.05, 0) is 86.4 Å². The van der Waals surface area contributed by atoms with Gasteiger partial charge in [-0.3, -0.25) is 0 Å². The number of hydrogen-bond donors (Lipinski definition) is 0. The van der Waals surface area contributed by atoms with Gasteiger partial charge in [-0.1, -0.05) is 121 Å². The SMILES string of the molecule is c1ccc2c(c1)Oc1ccc(-c3ccc(-c4ccc(-n5c6ccccc6c6cc7ccccc7cc65)cc4)cc3)c3cccc-2c13. The molecule has 1 aromatic heterocycles. The molecule has 9 aromatic rings. The molecule has 46 heavy (non-hydrogen) atoms. The molecule has 0 unspecified atom stereocenters. The molecule has 0 aliphatic carbocycles. The maximum atomic E-state index is 6.32. The van der Waals surface area contributed by atoms with E-state index in [1.54, 1.807) is 0 Å². The van der Waals surface area contributed by atoms with Crippen LogP contribution in [0.5, 0.6) is 11.5 Å². The molecule has 2 nitrogen and oxygen atoms in total. The van der Waals surface area contributed by atoms with Crippen molar-refractivity contribution < 1.29 is 4.74 Å². The lowest BCUT2D eigenvalue weighted by Crippen LogP contribution is -1.97. The van der Waals surface area contributed by atoms with Crippen LogP contribution in [0.2, 0.25) is 0 Å². The molecule has 0 saturated carbocycles. The van der Waals surface area contributed by atoms with E-state index in [2.05, 4.69) is 156 Å². The summed E-state index contributed by atoms with van der Waals surface area (Å²) in [6.45, 7) is 0. The minimum atomic E-state index is 0.914. The lowest BCUT2D eigenvalue weighted by molar-refractivity contribution is 0.487. The summed E-state index contributed by atoms with van der Waals surface area (Å²) >= 11 is 0. The monoisotopic (exact) mass is 585 g/mol. The van der Waals surface area contributed by atoms with Crippen molar-refractivity contribution in [1.29, 1.82) is 0 Å². The summed E-state index contributed by atoms with van der Waals surface area (Å²) in [5, 5.41) is 7.46. The molecule has 0 atom stereocenters. The number of nitrogens with zero attached hydrogens (tertiary/aromatic N) is 1. The molecule has 0 bridgehead atoms. The molecule has 0 fully saturated rings. The van der Waals surface area contributed by atoms with Crippen molar-refractivity contribution in [1.82, 2.24) is 4.57 Å².